The van der Waals surface area contributed by atoms with E-state index in [1.165, 1.54) is 32.1 Å². The first-order valence-corrected chi connectivity index (χ1v) is 23.4. The monoisotopic (exact) mass is 882 g/mol. The number of nitrogens with two attached hydrogens (primary N) is 1. The van der Waals surface area contributed by atoms with Crippen LogP contribution in [0, 0.1) is 11.3 Å². The van der Waals surface area contributed by atoms with E-state index in [9.17, 15) is 48.6 Å². The van der Waals surface area contributed by atoms with Gasteiger partial charge in [0, 0.05) is 50.6 Å². The Morgan fingerprint density at radius 2 is 0.887 bits per heavy atom. The molecular formula is C46H83N5O11. The highest BCUT2D eigenvalue weighted by molar-refractivity contribution is 5.86. The molecule has 0 aromatic rings. The van der Waals surface area contributed by atoms with E-state index in [0.717, 1.165) is 70.6 Å². The van der Waals surface area contributed by atoms with Gasteiger partial charge < -0.3 is 42.3 Å². The van der Waals surface area contributed by atoms with Crippen molar-refractivity contribution in [1.82, 2.24) is 21.3 Å². The largest absolute Gasteiger partial charge is 0.481 e. The Morgan fingerprint density at radius 3 is 1.34 bits per heavy atom. The van der Waals surface area contributed by atoms with Crippen molar-refractivity contribution in [2.75, 3.05) is 13.1 Å². The Bertz CT molecular complexity index is 1340. The molecule has 0 unspecified atom stereocenters. The van der Waals surface area contributed by atoms with Crippen molar-refractivity contribution < 1.29 is 53.7 Å². The number of amides is 4. The molecule has 0 aromatic carbocycles. The van der Waals surface area contributed by atoms with E-state index in [1.54, 1.807) is 0 Å². The van der Waals surface area contributed by atoms with Gasteiger partial charge in [-0.25, -0.2) is 9.59 Å². The third-order valence-corrected chi connectivity index (χ3v) is 11.0. The number of carboxylic acid groups (broad SMARTS) is 3. The van der Waals surface area contributed by atoms with Crippen LogP contribution in [0.25, 0.3) is 0 Å². The lowest BCUT2D eigenvalue weighted by Gasteiger charge is -2.19. The molecule has 0 fully saturated rings. The van der Waals surface area contributed by atoms with Crippen molar-refractivity contribution in [3.8, 4) is 0 Å². The van der Waals surface area contributed by atoms with Gasteiger partial charge in [0.15, 0.2) is 0 Å². The fourth-order valence-corrected chi connectivity index (χ4v) is 6.90. The Kier molecular flexibility index (Phi) is 33.1. The molecule has 0 aliphatic rings. The molecule has 0 aromatic heterocycles. The van der Waals surface area contributed by atoms with Crippen LogP contribution in [0.15, 0.2) is 0 Å². The Morgan fingerprint density at radius 1 is 0.484 bits per heavy atom. The van der Waals surface area contributed by atoms with Gasteiger partial charge in [-0.15, -0.1) is 0 Å². The van der Waals surface area contributed by atoms with Gasteiger partial charge in [0.05, 0.1) is 6.04 Å². The topological polar surface area (TPSA) is 271 Å². The fourth-order valence-electron chi connectivity index (χ4n) is 6.90. The molecule has 62 heavy (non-hydrogen) atoms. The molecular weight excluding hydrogens is 799 g/mol. The number of rotatable bonds is 40. The Labute approximate surface area is 370 Å². The van der Waals surface area contributed by atoms with E-state index in [-0.39, 0.29) is 55.6 Å². The van der Waals surface area contributed by atoms with Crippen molar-refractivity contribution in [2.24, 2.45) is 17.1 Å². The fraction of sp³-hybridized carbons (Fsp3) is 0.826. The van der Waals surface area contributed by atoms with Crippen molar-refractivity contribution in [1.29, 1.82) is 0 Å². The quantitative estimate of drug-likeness (QED) is 0.0304. The molecule has 16 heteroatoms. The maximum absolute atomic E-state index is 12.5. The molecule has 4 amide bonds. The minimum atomic E-state index is -1.36. The summed E-state index contributed by atoms with van der Waals surface area (Å²) in [5.41, 5.74) is 5.69. The lowest BCUT2D eigenvalue weighted by Crippen LogP contribution is -2.44. The SMILES string of the molecule is C[C@H](CCCCNC(=O)[C@@H](N)CCCCNC(=O)CC[C@H](NC(=O)CC[C@H](NC(=O)CCCCCCCCCCCCCCCCC(=O)O)C(=O)O)C(=O)O)CC(=O)C(C)(C)C. The van der Waals surface area contributed by atoms with Crippen LogP contribution in [0.5, 0.6) is 0 Å². The Balaban J connectivity index is 4.14. The van der Waals surface area contributed by atoms with Gasteiger partial charge in [-0.1, -0.05) is 118 Å². The first-order valence-electron chi connectivity index (χ1n) is 23.4. The maximum atomic E-state index is 12.5. The van der Waals surface area contributed by atoms with Gasteiger partial charge in [0.2, 0.25) is 23.6 Å². The van der Waals surface area contributed by atoms with Crippen molar-refractivity contribution in [3.05, 3.63) is 0 Å². The first kappa shape index (κ1) is 57.9. The highest BCUT2D eigenvalue weighted by Gasteiger charge is 2.25. The summed E-state index contributed by atoms with van der Waals surface area (Å²) in [6.45, 7) is 8.66. The van der Waals surface area contributed by atoms with Crippen LogP contribution < -0.4 is 27.0 Å². The average molecular weight is 882 g/mol. The second kappa shape index (κ2) is 35.4. The molecule has 0 spiro atoms. The zero-order valence-electron chi connectivity index (χ0n) is 38.5. The van der Waals surface area contributed by atoms with E-state index in [0.29, 0.717) is 51.1 Å². The summed E-state index contributed by atoms with van der Waals surface area (Å²) in [6.07, 6.45) is 18.9. The van der Waals surface area contributed by atoms with Gasteiger partial charge >= 0.3 is 17.9 Å². The van der Waals surface area contributed by atoms with Crippen LogP contribution in [0.1, 0.15) is 201 Å². The predicted molar refractivity (Wildman–Crippen MR) is 239 cm³/mol. The van der Waals surface area contributed by atoms with Crippen LogP contribution in [0.4, 0.5) is 0 Å². The van der Waals surface area contributed by atoms with Crippen LogP contribution in [-0.4, -0.2) is 93.9 Å². The van der Waals surface area contributed by atoms with Crippen molar-refractivity contribution >= 4 is 47.3 Å². The third kappa shape index (κ3) is 33.5. The van der Waals surface area contributed by atoms with Gasteiger partial charge in [0.25, 0.3) is 0 Å². The molecule has 4 atom stereocenters. The molecule has 9 N–H and O–H groups in total. The number of carboxylic acids is 3. The molecule has 0 saturated heterocycles. The Hall–Kier alpha value is -4.08. The van der Waals surface area contributed by atoms with Crippen LogP contribution in [0.2, 0.25) is 0 Å². The molecule has 16 nitrogen and oxygen atoms in total. The highest BCUT2D eigenvalue weighted by atomic mass is 16.4. The zero-order valence-corrected chi connectivity index (χ0v) is 38.5. The van der Waals surface area contributed by atoms with E-state index in [2.05, 4.69) is 28.2 Å². The number of Topliss-reactive ketones (excluding diaryl/α,β-unsaturated/α-hetero) is 1. The third-order valence-electron chi connectivity index (χ3n) is 11.0. The van der Waals surface area contributed by atoms with E-state index < -0.39 is 53.8 Å². The van der Waals surface area contributed by atoms with Gasteiger partial charge in [0.1, 0.15) is 17.9 Å². The summed E-state index contributed by atoms with van der Waals surface area (Å²) in [5.74, 6) is -4.58. The molecule has 0 heterocycles. The molecule has 0 aliphatic carbocycles. The summed E-state index contributed by atoms with van der Waals surface area (Å²) >= 11 is 0. The van der Waals surface area contributed by atoms with Crippen molar-refractivity contribution in [3.63, 3.8) is 0 Å². The zero-order chi connectivity index (χ0) is 46.8. The number of nitrogens with one attached hydrogen (secondary N) is 4. The minimum absolute atomic E-state index is 0.167. The van der Waals surface area contributed by atoms with E-state index in [4.69, 9.17) is 10.8 Å². The molecule has 358 valence electrons. The van der Waals surface area contributed by atoms with Crippen molar-refractivity contribution in [2.45, 2.75) is 219 Å². The number of ketones is 1. The van der Waals surface area contributed by atoms with Gasteiger partial charge in [-0.2, -0.15) is 0 Å². The number of hydrogen-bond donors (Lipinski definition) is 8. The number of carbonyl (C=O) groups excluding carboxylic acids is 5. The summed E-state index contributed by atoms with van der Waals surface area (Å²) < 4.78 is 0. The van der Waals surface area contributed by atoms with Crippen LogP contribution in [-0.2, 0) is 38.4 Å². The summed E-state index contributed by atoms with van der Waals surface area (Å²) in [4.78, 5) is 95.9. The van der Waals surface area contributed by atoms with Gasteiger partial charge in [-0.3, -0.25) is 28.8 Å². The highest BCUT2D eigenvalue weighted by Crippen LogP contribution is 2.22. The minimum Gasteiger partial charge on any atom is -0.481 e. The van der Waals surface area contributed by atoms with E-state index >= 15 is 0 Å². The molecule has 0 bridgehead atoms. The smallest absolute Gasteiger partial charge is 0.326 e. The number of unbranched alkanes of at least 4 members (excludes halogenated alkanes) is 15. The lowest BCUT2D eigenvalue weighted by molar-refractivity contribution is -0.143. The van der Waals surface area contributed by atoms with E-state index in [1.807, 2.05) is 20.8 Å². The standard InChI is InChI=1S/C46H83N5O11/c1-34(33-38(52)46(2,3)4)23-19-21-32-49-43(58)35(47)24-20-22-31-48-39(53)29-27-36(44(59)60)51-41(55)30-28-37(45(61)62)50-40(54)25-17-15-13-11-9-7-5-6-8-10-12-14-16-18-26-42(56)57/h34-37H,5-33,47H2,1-4H3,(H,48,53)(H,49,58)(H,50,54)(H,51,55)(H,56,57)(H,59,60)(H,61,62)/t34-,35+,36+,37+/m1/s1. The maximum Gasteiger partial charge on any atom is 0.326 e. The molecule has 0 rings (SSSR count). The lowest BCUT2D eigenvalue weighted by atomic mass is 9.84. The molecule has 0 saturated carbocycles. The second-order valence-corrected chi connectivity index (χ2v) is 18.1. The summed E-state index contributed by atoms with van der Waals surface area (Å²) in [7, 11) is 0. The number of carbonyl (C=O) groups is 8. The second-order valence-electron chi connectivity index (χ2n) is 18.1. The first-order chi connectivity index (χ1) is 29.3. The molecule has 0 aliphatic heterocycles. The van der Waals surface area contributed by atoms with Crippen LogP contribution >= 0.6 is 0 Å². The predicted octanol–water partition coefficient (Wildman–Crippen LogP) is 6.55. The summed E-state index contributed by atoms with van der Waals surface area (Å²) in [6, 6.07) is -3.34. The summed E-state index contributed by atoms with van der Waals surface area (Å²) in [5, 5.41) is 38.2. The van der Waals surface area contributed by atoms with Crippen LogP contribution in [0.3, 0.4) is 0 Å². The normalized spacial score (nSPS) is 13.3. The average Bonchev–Trinajstić information content (AvgIpc) is 3.19. The van der Waals surface area contributed by atoms with Gasteiger partial charge in [-0.05, 0) is 57.3 Å². The number of aliphatic carboxylic acids is 3. The molecule has 0 radical (unpaired) electrons. The number of hydrogen-bond acceptors (Lipinski definition) is 9.